The molecule has 3 aliphatic rings. The molecule has 5 rings (SSSR count). The lowest BCUT2D eigenvalue weighted by molar-refractivity contribution is 0.226. The second-order valence-electron chi connectivity index (χ2n) is 7.77. The molecule has 0 saturated carbocycles. The van der Waals surface area contributed by atoms with E-state index >= 15 is 0 Å². The fourth-order valence-corrected chi connectivity index (χ4v) is 6.23. The molecule has 2 aromatic rings. The topological polar surface area (TPSA) is 66.7 Å². The third kappa shape index (κ3) is 3.95. The molecule has 146 valence electrons. The van der Waals surface area contributed by atoms with Crippen molar-refractivity contribution in [3.8, 4) is 0 Å². The van der Waals surface area contributed by atoms with Crippen LogP contribution < -0.4 is 0 Å². The summed E-state index contributed by atoms with van der Waals surface area (Å²) in [7, 11) is -3.54. The van der Waals surface area contributed by atoms with E-state index in [0.29, 0.717) is 18.2 Å². The minimum atomic E-state index is -3.54. The summed E-state index contributed by atoms with van der Waals surface area (Å²) >= 11 is 0. The Hall–Kier alpha value is -1.70. The lowest BCUT2D eigenvalue weighted by Gasteiger charge is -2.34. The van der Waals surface area contributed by atoms with Crippen molar-refractivity contribution in [2.24, 2.45) is 5.92 Å². The van der Waals surface area contributed by atoms with Gasteiger partial charge in [-0.1, -0.05) is 35.5 Å². The van der Waals surface area contributed by atoms with Crippen molar-refractivity contribution in [1.82, 2.24) is 14.4 Å². The molecule has 0 aliphatic carbocycles. The second kappa shape index (κ2) is 7.73. The Morgan fingerprint density at radius 2 is 1.96 bits per heavy atom. The lowest BCUT2D eigenvalue weighted by atomic mass is 9.97. The van der Waals surface area contributed by atoms with Crippen LogP contribution in [0.1, 0.15) is 30.6 Å². The summed E-state index contributed by atoms with van der Waals surface area (Å²) in [6.07, 6.45) is 5.54. The zero-order valence-corrected chi connectivity index (χ0v) is 16.6. The van der Waals surface area contributed by atoms with Gasteiger partial charge in [-0.15, -0.1) is 0 Å². The number of hydrogen-bond donors (Lipinski definition) is 0. The lowest BCUT2D eigenvalue weighted by Crippen LogP contribution is -2.47. The first-order valence-corrected chi connectivity index (χ1v) is 11.2. The number of aromatic nitrogens is 1. The van der Waals surface area contributed by atoms with Crippen LogP contribution in [0.2, 0.25) is 0 Å². The van der Waals surface area contributed by atoms with Crippen molar-refractivity contribution < 1.29 is 12.9 Å². The van der Waals surface area contributed by atoms with Crippen LogP contribution in [0.3, 0.4) is 0 Å². The van der Waals surface area contributed by atoms with E-state index in [-0.39, 0.29) is 10.9 Å². The molecule has 0 amide bonds. The molecule has 27 heavy (non-hydrogen) atoms. The monoisotopic (exact) mass is 389 g/mol. The molecular weight excluding hydrogens is 362 g/mol. The highest BCUT2D eigenvalue weighted by Crippen LogP contribution is 2.33. The summed E-state index contributed by atoms with van der Waals surface area (Å²) in [5, 5.41) is 3.66. The molecular formula is C20H27N3O3S. The smallest absolute Gasteiger partial charge is 0.248 e. The molecule has 2 bridgehead atoms. The molecule has 2 atom stereocenters. The van der Waals surface area contributed by atoms with Crippen molar-refractivity contribution in [3.63, 3.8) is 0 Å². The van der Waals surface area contributed by atoms with Gasteiger partial charge in [0.05, 0.1) is 6.20 Å². The van der Waals surface area contributed by atoms with Gasteiger partial charge >= 0.3 is 0 Å². The Balaban J connectivity index is 1.42. The minimum Gasteiger partial charge on any atom is -0.360 e. The second-order valence-corrected chi connectivity index (χ2v) is 9.63. The van der Waals surface area contributed by atoms with E-state index in [9.17, 15) is 8.42 Å². The largest absolute Gasteiger partial charge is 0.360 e. The number of rotatable bonds is 6. The Bertz CT molecular complexity index is 866. The third-order valence-electron chi connectivity index (χ3n) is 5.81. The van der Waals surface area contributed by atoms with Gasteiger partial charge in [0, 0.05) is 25.7 Å². The maximum Gasteiger partial charge on any atom is 0.248 e. The van der Waals surface area contributed by atoms with Crippen LogP contribution in [0.5, 0.6) is 0 Å². The van der Waals surface area contributed by atoms with Crippen LogP contribution in [0.25, 0.3) is 0 Å². The molecule has 6 nitrogen and oxygen atoms in total. The van der Waals surface area contributed by atoms with E-state index in [0.717, 1.165) is 45.3 Å². The van der Waals surface area contributed by atoms with Crippen molar-refractivity contribution in [2.45, 2.75) is 43.5 Å². The van der Waals surface area contributed by atoms with Gasteiger partial charge in [0.15, 0.2) is 5.76 Å². The van der Waals surface area contributed by atoms with E-state index < -0.39 is 10.0 Å². The highest BCUT2D eigenvalue weighted by atomic mass is 32.2. The van der Waals surface area contributed by atoms with Gasteiger partial charge in [0.2, 0.25) is 10.0 Å². The van der Waals surface area contributed by atoms with E-state index in [1.165, 1.54) is 11.8 Å². The molecule has 4 heterocycles. The summed E-state index contributed by atoms with van der Waals surface area (Å²) in [6, 6.07) is 10.6. The quantitative estimate of drug-likeness (QED) is 0.760. The number of piperidine rings is 1. The van der Waals surface area contributed by atoms with Gasteiger partial charge in [-0.25, -0.2) is 8.42 Å². The van der Waals surface area contributed by atoms with Crippen LogP contribution >= 0.6 is 0 Å². The van der Waals surface area contributed by atoms with E-state index in [1.807, 2.05) is 6.07 Å². The Kier molecular flexibility index (Phi) is 5.34. The summed E-state index contributed by atoms with van der Waals surface area (Å²) in [6.45, 7) is 5.08. The first-order valence-electron chi connectivity index (χ1n) is 9.73. The number of sulfonamides is 1. The molecule has 3 fully saturated rings. The molecule has 1 aromatic carbocycles. The Labute approximate surface area is 161 Å². The minimum absolute atomic E-state index is 0.0415. The van der Waals surface area contributed by atoms with Gasteiger partial charge in [-0.2, -0.15) is 4.31 Å². The average molecular weight is 390 g/mol. The molecule has 0 unspecified atom stereocenters. The first kappa shape index (κ1) is 18.7. The van der Waals surface area contributed by atoms with Gasteiger partial charge in [-0.05, 0) is 50.6 Å². The van der Waals surface area contributed by atoms with Crippen molar-refractivity contribution in [3.05, 3.63) is 47.9 Å². The molecule has 0 N–H and O–H groups in total. The summed E-state index contributed by atoms with van der Waals surface area (Å²) in [5.41, 5.74) is 1.36. The van der Waals surface area contributed by atoms with Crippen LogP contribution in [0.4, 0.5) is 0 Å². The maximum atomic E-state index is 13.1. The average Bonchev–Trinajstić information content (AvgIpc) is 2.91. The number of benzene rings is 1. The fraction of sp³-hybridized carbons (Fsp3) is 0.550. The fourth-order valence-electron chi connectivity index (χ4n) is 4.43. The van der Waals surface area contributed by atoms with Gasteiger partial charge in [0.25, 0.3) is 0 Å². The van der Waals surface area contributed by atoms with Crippen molar-refractivity contribution >= 4 is 10.0 Å². The van der Waals surface area contributed by atoms with Crippen LogP contribution in [-0.4, -0.2) is 55.0 Å². The predicted molar refractivity (Wildman–Crippen MR) is 103 cm³/mol. The first-order chi connectivity index (χ1) is 13.0. The van der Waals surface area contributed by atoms with Gasteiger partial charge < -0.3 is 9.42 Å². The third-order valence-corrected chi connectivity index (χ3v) is 7.83. The van der Waals surface area contributed by atoms with Gasteiger partial charge in [0.1, 0.15) is 4.90 Å². The molecule has 7 heteroatoms. The van der Waals surface area contributed by atoms with Crippen LogP contribution in [0, 0.1) is 12.8 Å². The van der Waals surface area contributed by atoms with Gasteiger partial charge in [-0.3, -0.25) is 0 Å². The molecule has 3 saturated heterocycles. The summed E-state index contributed by atoms with van der Waals surface area (Å²) < 4.78 is 33.0. The number of nitrogens with zero attached hydrogens (tertiary/aromatic N) is 3. The zero-order chi connectivity index (χ0) is 18.9. The number of fused-ring (bicyclic) bond motifs is 4. The molecule has 0 radical (unpaired) electrons. The van der Waals surface area contributed by atoms with E-state index in [2.05, 4.69) is 34.3 Å². The highest BCUT2D eigenvalue weighted by molar-refractivity contribution is 7.89. The normalized spacial score (nSPS) is 24.2. The predicted octanol–water partition coefficient (Wildman–Crippen LogP) is 2.70. The maximum absolute atomic E-state index is 13.1. The van der Waals surface area contributed by atoms with Crippen LogP contribution in [-0.2, 0) is 16.4 Å². The highest BCUT2D eigenvalue weighted by Gasteiger charge is 2.42. The molecule has 0 spiro atoms. The van der Waals surface area contributed by atoms with E-state index in [4.69, 9.17) is 4.52 Å². The van der Waals surface area contributed by atoms with Crippen LogP contribution in [0.15, 0.2) is 45.9 Å². The zero-order valence-electron chi connectivity index (χ0n) is 15.8. The van der Waals surface area contributed by atoms with Crippen molar-refractivity contribution in [2.75, 3.05) is 26.2 Å². The molecule has 1 aromatic heterocycles. The Morgan fingerprint density at radius 1 is 1.15 bits per heavy atom. The number of hydrogen-bond acceptors (Lipinski definition) is 5. The SMILES string of the molecule is Cc1oncc1S(=O)(=O)N1C[C@H]2CC[C@@H]1CN(CCCc1ccccc1)C2. The van der Waals surface area contributed by atoms with E-state index in [1.54, 1.807) is 11.2 Å². The summed E-state index contributed by atoms with van der Waals surface area (Å²) in [4.78, 5) is 2.67. The number of aryl methyl sites for hydroxylation is 2. The standard InChI is InChI=1S/C20H27N3O3S/c1-16-20(12-21-26-16)27(24,25)23-14-18-9-10-19(23)15-22(13-18)11-5-8-17-6-3-2-4-7-17/h2-4,6-7,12,18-19H,5,8-11,13-15H2,1H3/t18-,19+/m0/s1. The Morgan fingerprint density at radius 3 is 2.70 bits per heavy atom. The molecule has 3 aliphatic heterocycles. The van der Waals surface area contributed by atoms with Crippen molar-refractivity contribution in [1.29, 1.82) is 0 Å². The summed E-state index contributed by atoms with van der Waals surface area (Å²) in [5.74, 6) is 0.769.